The number of allylic oxidation sites excluding steroid dienone is 16. The standard InChI is InChI=1S/C40H56O3/c1-30(18-13-20-32(3)22-26-39-35(5,6)24-15-25-37(39,9)42-39)16-11-12-17-31(2)19-14-21-33(4)23-27-40-36(7,8)28-34(41)29-38(40,10)43-40/h11-14,16-23,26-27,34,41H,15,24-25,28-29H2,1-10H3/b12-11+,18-13+,19-14+,26-22+,27-23+,30-16+,31-17+,32-20+,33-21+/t34-,37+,38+,39-,40-/m1/s1. The summed E-state index contributed by atoms with van der Waals surface area (Å²) in [7, 11) is 0. The van der Waals surface area contributed by atoms with Crippen molar-refractivity contribution in [2.24, 2.45) is 10.8 Å². The third-order valence-corrected chi connectivity index (χ3v) is 10.5. The first kappa shape index (κ1) is 33.4. The first-order valence-corrected chi connectivity index (χ1v) is 16.2. The number of aliphatic hydroxyl groups is 1. The van der Waals surface area contributed by atoms with Crippen LogP contribution in [0.25, 0.3) is 0 Å². The van der Waals surface area contributed by atoms with Gasteiger partial charge in [0.2, 0.25) is 0 Å². The van der Waals surface area contributed by atoms with Crippen LogP contribution in [0.4, 0.5) is 0 Å². The molecule has 0 aromatic carbocycles. The van der Waals surface area contributed by atoms with E-state index in [1.807, 2.05) is 0 Å². The summed E-state index contributed by atoms with van der Waals surface area (Å²) in [5, 5.41) is 10.3. The fraction of sp³-hybridized carbons (Fsp3) is 0.550. The van der Waals surface area contributed by atoms with Crippen LogP contribution in [0.5, 0.6) is 0 Å². The smallest absolute Gasteiger partial charge is 0.121 e. The second-order valence-corrected chi connectivity index (χ2v) is 15.2. The molecule has 4 aliphatic rings. The minimum absolute atomic E-state index is 0.00957. The van der Waals surface area contributed by atoms with Gasteiger partial charge < -0.3 is 14.6 Å². The SMILES string of the molecule is CC(/C=C/C=C(C)/C=C/[C@]12O[C@@]1(C)CCCC2(C)C)=C\C=C\C=C(C)\C=C\C=C(C)\C=C\[C@]12O[C@@]1(C)C[C@H](O)CC2(C)C. The number of ether oxygens (including phenoxy) is 2. The maximum atomic E-state index is 10.3. The molecule has 0 aromatic heterocycles. The van der Waals surface area contributed by atoms with Crippen LogP contribution in [0, 0.1) is 10.8 Å². The lowest BCUT2D eigenvalue weighted by molar-refractivity contribution is 0.0515. The van der Waals surface area contributed by atoms with Gasteiger partial charge in [0.1, 0.15) is 16.8 Å². The Balaban J connectivity index is 1.25. The fourth-order valence-corrected chi connectivity index (χ4v) is 7.82. The van der Waals surface area contributed by atoms with Gasteiger partial charge in [-0.1, -0.05) is 123 Å². The van der Waals surface area contributed by atoms with Gasteiger partial charge in [0.15, 0.2) is 0 Å². The highest BCUT2D eigenvalue weighted by molar-refractivity contribution is 5.38. The third-order valence-electron chi connectivity index (χ3n) is 10.5. The average molecular weight is 585 g/mol. The predicted octanol–water partition coefficient (Wildman–Crippen LogP) is 10.00. The molecule has 0 spiro atoms. The number of hydrogen-bond acceptors (Lipinski definition) is 3. The minimum Gasteiger partial charge on any atom is -0.393 e. The van der Waals surface area contributed by atoms with Crippen molar-refractivity contribution in [2.45, 2.75) is 130 Å². The zero-order valence-electron chi connectivity index (χ0n) is 28.5. The van der Waals surface area contributed by atoms with Crippen LogP contribution in [0.15, 0.2) is 107 Å². The molecular formula is C40H56O3. The Labute approximate surface area is 262 Å². The second-order valence-electron chi connectivity index (χ2n) is 15.2. The molecule has 2 aliphatic heterocycles. The van der Waals surface area contributed by atoms with Crippen LogP contribution < -0.4 is 0 Å². The first-order chi connectivity index (χ1) is 20.0. The lowest BCUT2D eigenvalue weighted by Crippen LogP contribution is -2.46. The van der Waals surface area contributed by atoms with E-state index in [1.165, 1.54) is 35.1 Å². The largest absolute Gasteiger partial charge is 0.393 e. The molecule has 0 bridgehead atoms. The fourth-order valence-electron chi connectivity index (χ4n) is 7.82. The van der Waals surface area contributed by atoms with Crippen LogP contribution >= 0.6 is 0 Å². The molecular weight excluding hydrogens is 528 g/mol. The van der Waals surface area contributed by atoms with E-state index in [4.69, 9.17) is 9.47 Å². The van der Waals surface area contributed by atoms with E-state index in [-0.39, 0.29) is 39.3 Å². The van der Waals surface area contributed by atoms with Crippen LogP contribution in [0.2, 0.25) is 0 Å². The quantitative estimate of drug-likeness (QED) is 0.205. The minimum atomic E-state index is -0.286. The molecule has 0 aromatic rings. The highest BCUT2D eigenvalue weighted by Crippen LogP contribution is 2.67. The summed E-state index contributed by atoms with van der Waals surface area (Å²) in [5.41, 5.74) is 4.24. The molecule has 0 unspecified atom stereocenters. The van der Waals surface area contributed by atoms with Crippen molar-refractivity contribution in [1.29, 1.82) is 0 Å². The first-order valence-electron chi connectivity index (χ1n) is 16.2. The van der Waals surface area contributed by atoms with Gasteiger partial charge in [0.05, 0.1) is 11.7 Å². The number of rotatable bonds is 10. The van der Waals surface area contributed by atoms with Gasteiger partial charge in [-0.2, -0.15) is 0 Å². The monoisotopic (exact) mass is 584 g/mol. The Morgan fingerprint density at radius 2 is 1.00 bits per heavy atom. The third kappa shape index (κ3) is 6.80. The van der Waals surface area contributed by atoms with E-state index in [2.05, 4.69) is 154 Å². The Bertz CT molecular complexity index is 1340. The molecule has 2 saturated heterocycles. The average Bonchev–Trinajstić information content (AvgIpc) is 3.74. The van der Waals surface area contributed by atoms with Gasteiger partial charge in [0.25, 0.3) is 0 Å². The van der Waals surface area contributed by atoms with Crippen LogP contribution in [-0.4, -0.2) is 33.6 Å². The van der Waals surface area contributed by atoms with Crippen molar-refractivity contribution < 1.29 is 14.6 Å². The molecule has 43 heavy (non-hydrogen) atoms. The molecule has 4 fully saturated rings. The molecule has 2 aliphatic carbocycles. The summed E-state index contributed by atoms with van der Waals surface area (Å²) in [4.78, 5) is 0. The summed E-state index contributed by atoms with van der Waals surface area (Å²) in [6.45, 7) is 22.0. The summed E-state index contributed by atoms with van der Waals surface area (Å²) in [5.74, 6) is 0. The number of hydrogen-bond donors (Lipinski definition) is 1. The molecule has 5 atom stereocenters. The van der Waals surface area contributed by atoms with Crippen LogP contribution in [0.1, 0.15) is 101 Å². The van der Waals surface area contributed by atoms with Crippen molar-refractivity contribution >= 4 is 0 Å². The highest BCUT2D eigenvalue weighted by Gasteiger charge is 2.75. The zero-order valence-corrected chi connectivity index (χ0v) is 28.5. The molecule has 0 radical (unpaired) electrons. The van der Waals surface area contributed by atoms with Gasteiger partial charge in [-0.05, 0) is 79.4 Å². The lowest BCUT2D eigenvalue weighted by atomic mass is 9.63. The Morgan fingerprint density at radius 1 is 0.558 bits per heavy atom. The van der Waals surface area contributed by atoms with Crippen molar-refractivity contribution in [1.82, 2.24) is 0 Å². The highest BCUT2D eigenvalue weighted by atomic mass is 16.6. The van der Waals surface area contributed by atoms with Gasteiger partial charge in [-0.25, -0.2) is 0 Å². The maximum absolute atomic E-state index is 10.3. The van der Waals surface area contributed by atoms with E-state index >= 15 is 0 Å². The molecule has 1 N–H and O–H groups in total. The van der Waals surface area contributed by atoms with E-state index in [0.29, 0.717) is 6.42 Å². The molecule has 2 heterocycles. The summed E-state index contributed by atoms with van der Waals surface area (Å²) in [6, 6.07) is 0. The molecule has 3 nitrogen and oxygen atoms in total. The van der Waals surface area contributed by atoms with E-state index in [9.17, 15) is 5.11 Å². The number of epoxide rings is 2. The summed E-state index contributed by atoms with van der Waals surface area (Å²) < 4.78 is 12.6. The second kappa shape index (κ2) is 12.1. The molecule has 234 valence electrons. The number of fused-ring (bicyclic) bond motifs is 2. The van der Waals surface area contributed by atoms with Crippen LogP contribution in [0.3, 0.4) is 0 Å². The Kier molecular flexibility index (Phi) is 9.44. The van der Waals surface area contributed by atoms with Gasteiger partial charge in [-0.3, -0.25) is 0 Å². The van der Waals surface area contributed by atoms with Gasteiger partial charge in [-0.15, -0.1) is 0 Å². The van der Waals surface area contributed by atoms with E-state index in [0.717, 1.165) is 12.8 Å². The zero-order chi connectivity index (χ0) is 31.7. The van der Waals surface area contributed by atoms with Gasteiger partial charge >= 0.3 is 0 Å². The lowest BCUT2D eigenvalue weighted by Gasteiger charge is -2.39. The molecule has 2 saturated carbocycles. The summed E-state index contributed by atoms with van der Waals surface area (Å²) in [6.07, 6.45) is 34.9. The van der Waals surface area contributed by atoms with E-state index in [1.54, 1.807) is 0 Å². The van der Waals surface area contributed by atoms with Crippen molar-refractivity contribution in [2.75, 3.05) is 0 Å². The molecule has 4 rings (SSSR count). The van der Waals surface area contributed by atoms with E-state index < -0.39 is 0 Å². The summed E-state index contributed by atoms with van der Waals surface area (Å²) >= 11 is 0. The van der Waals surface area contributed by atoms with Crippen LogP contribution in [-0.2, 0) is 9.47 Å². The van der Waals surface area contributed by atoms with Crippen molar-refractivity contribution in [3.63, 3.8) is 0 Å². The Hall–Kier alpha value is -2.46. The maximum Gasteiger partial charge on any atom is 0.121 e. The molecule has 3 heteroatoms. The molecule has 0 amide bonds. The topological polar surface area (TPSA) is 45.3 Å². The van der Waals surface area contributed by atoms with Gasteiger partial charge in [0, 0.05) is 17.3 Å². The van der Waals surface area contributed by atoms with Crippen molar-refractivity contribution in [3.05, 3.63) is 107 Å². The Morgan fingerprint density at radius 3 is 1.49 bits per heavy atom. The number of aliphatic hydroxyl groups excluding tert-OH is 1. The predicted molar refractivity (Wildman–Crippen MR) is 182 cm³/mol. The van der Waals surface area contributed by atoms with Crippen molar-refractivity contribution in [3.8, 4) is 0 Å². The normalized spacial score (nSPS) is 38.1.